The van der Waals surface area contributed by atoms with Crippen molar-refractivity contribution in [2.75, 3.05) is 0 Å². The lowest BCUT2D eigenvalue weighted by Crippen LogP contribution is -2.37. The van der Waals surface area contributed by atoms with Crippen molar-refractivity contribution in [3.05, 3.63) is 44.6 Å². The first-order valence-corrected chi connectivity index (χ1v) is 8.06. The normalized spacial score (nSPS) is 20.3. The number of unbranched alkanes of at least 4 members (excludes halogenated alkanes) is 1. The number of ether oxygens (including phenoxy) is 1. The molecule has 0 fully saturated rings. The van der Waals surface area contributed by atoms with Gasteiger partial charge in [0.2, 0.25) is 6.20 Å². The van der Waals surface area contributed by atoms with Crippen LogP contribution in [0.25, 0.3) is 0 Å². The Hall–Kier alpha value is -2.04. The van der Waals surface area contributed by atoms with Gasteiger partial charge in [-0.15, -0.1) is 0 Å². The van der Waals surface area contributed by atoms with E-state index in [-0.39, 0.29) is 5.60 Å². The lowest BCUT2D eigenvalue weighted by Gasteiger charge is -2.38. The third-order valence-corrected chi connectivity index (χ3v) is 4.90. The van der Waals surface area contributed by atoms with E-state index in [1.54, 1.807) is 6.08 Å². The van der Waals surface area contributed by atoms with Crippen molar-refractivity contribution in [1.82, 2.24) is 0 Å². The number of rotatable bonds is 5. The van der Waals surface area contributed by atoms with E-state index >= 15 is 0 Å². The number of aromatic hydroxyl groups is 1. The Balaban J connectivity index is 2.11. The van der Waals surface area contributed by atoms with Crippen molar-refractivity contribution in [2.24, 2.45) is 0 Å². The number of hydrogen-bond acceptors (Lipinski definition) is 4. The smallest absolute Gasteiger partial charge is 0.230 e. The third-order valence-electron chi connectivity index (χ3n) is 4.90. The highest BCUT2D eigenvalue weighted by atomic mass is 16.6. The highest BCUT2D eigenvalue weighted by Crippen LogP contribution is 2.44. The number of benzene rings is 1. The van der Waals surface area contributed by atoms with Crippen LogP contribution < -0.4 is 4.74 Å². The van der Waals surface area contributed by atoms with Gasteiger partial charge >= 0.3 is 0 Å². The minimum absolute atomic E-state index is 0.254. The summed E-state index contributed by atoms with van der Waals surface area (Å²) in [7, 11) is 0. The van der Waals surface area contributed by atoms with Crippen LogP contribution >= 0.6 is 0 Å². The Morgan fingerprint density at radius 1 is 1.30 bits per heavy atom. The topological polar surface area (TPSA) is 72.6 Å². The molecule has 0 saturated heterocycles. The van der Waals surface area contributed by atoms with Crippen LogP contribution in [0.1, 0.15) is 54.9 Å². The fourth-order valence-electron chi connectivity index (χ4n) is 3.23. The van der Waals surface area contributed by atoms with Gasteiger partial charge < -0.3 is 9.84 Å². The molecule has 1 heterocycles. The van der Waals surface area contributed by atoms with E-state index in [1.807, 2.05) is 20.8 Å². The predicted octanol–water partition coefficient (Wildman–Crippen LogP) is 4.36. The molecule has 1 N–H and O–H groups in total. The van der Waals surface area contributed by atoms with Gasteiger partial charge in [0.05, 0.1) is 4.92 Å². The Labute approximate surface area is 137 Å². The van der Waals surface area contributed by atoms with E-state index in [4.69, 9.17) is 4.74 Å². The second-order valence-corrected chi connectivity index (χ2v) is 6.65. The van der Waals surface area contributed by atoms with Gasteiger partial charge in [0.1, 0.15) is 17.1 Å². The highest BCUT2D eigenvalue weighted by molar-refractivity contribution is 5.58. The van der Waals surface area contributed by atoms with Gasteiger partial charge in [-0.1, -0.05) is 0 Å². The number of allylic oxidation sites excluding steroid dienone is 1. The number of phenols is 1. The quantitative estimate of drug-likeness (QED) is 0.497. The molecule has 1 aromatic carbocycles. The van der Waals surface area contributed by atoms with Crippen LogP contribution in [0.15, 0.2) is 12.3 Å². The lowest BCUT2D eigenvalue weighted by molar-refractivity contribution is -0.402. The van der Waals surface area contributed by atoms with Crippen molar-refractivity contribution in [1.29, 1.82) is 0 Å². The SMILES string of the molecule is Cc1c(C)c2c(c(C)c1O)CCC(C)(CCC/C=C/[N+](=O)[O-])O2. The molecule has 5 heteroatoms. The molecule has 0 bridgehead atoms. The number of nitro groups is 1. The fraction of sp³-hybridized carbons (Fsp3) is 0.556. The molecule has 1 atom stereocenters. The lowest BCUT2D eigenvalue weighted by atomic mass is 9.85. The van der Waals surface area contributed by atoms with Crippen molar-refractivity contribution in [3.8, 4) is 11.5 Å². The maximum absolute atomic E-state index is 10.3. The molecule has 0 saturated carbocycles. The van der Waals surface area contributed by atoms with Crippen molar-refractivity contribution in [2.45, 2.75) is 65.4 Å². The summed E-state index contributed by atoms with van der Waals surface area (Å²) in [5, 5.41) is 20.5. The summed E-state index contributed by atoms with van der Waals surface area (Å²) < 4.78 is 6.33. The van der Waals surface area contributed by atoms with Gasteiger partial charge in [-0.25, -0.2) is 0 Å². The standard InChI is InChI=1S/C18H25NO4/c1-12-13(2)17-15(14(3)16(12)20)8-10-18(4,23-17)9-6-5-7-11-19(21)22/h7,11,20H,5-6,8-10H2,1-4H3/b11-7+. The van der Waals surface area contributed by atoms with E-state index in [1.165, 1.54) is 0 Å². The third kappa shape index (κ3) is 3.66. The number of hydrogen-bond donors (Lipinski definition) is 1. The van der Waals surface area contributed by atoms with Crippen LogP contribution in [-0.4, -0.2) is 15.6 Å². The summed E-state index contributed by atoms with van der Waals surface area (Å²) in [5.74, 6) is 1.28. The Morgan fingerprint density at radius 2 is 2.00 bits per heavy atom. The molecule has 1 aliphatic heterocycles. The monoisotopic (exact) mass is 319 g/mol. The second kappa shape index (κ2) is 6.60. The van der Waals surface area contributed by atoms with Crippen LogP contribution in [0.3, 0.4) is 0 Å². The maximum Gasteiger partial charge on any atom is 0.230 e. The van der Waals surface area contributed by atoms with E-state index in [0.717, 1.165) is 59.9 Å². The molecule has 5 nitrogen and oxygen atoms in total. The first-order valence-electron chi connectivity index (χ1n) is 8.06. The zero-order valence-electron chi connectivity index (χ0n) is 14.3. The Bertz CT molecular complexity index is 651. The van der Waals surface area contributed by atoms with E-state index in [9.17, 15) is 15.2 Å². The van der Waals surface area contributed by atoms with Crippen molar-refractivity contribution in [3.63, 3.8) is 0 Å². The largest absolute Gasteiger partial charge is 0.507 e. The zero-order valence-corrected chi connectivity index (χ0v) is 14.3. The molecule has 0 aromatic heterocycles. The van der Waals surface area contributed by atoms with E-state index in [0.29, 0.717) is 12.2 Å². The Morgan fingerprint density at radius 3 is 2.65 bits per heavy atom. The molecule has 0 aliphatic carbocycles. The summed E-state index contributed by atoms with van der Waals surface area (Å²) >= 11 is 0. The second-order valence-electron chi connectivity index (χ2n) is 6.65. The first kappa shape index (κ1) is 17.3. The summed E-state index contributed by atoms with van der Waals surface area (Å²) in [6, 6.07) is 0. The molecule has 2 rings (SSSR count). The predicted molar refractivity (Wildman–Crippen MR) is 89.7 cm³/mol. The molecule has 0 radical (unpaired) electrons. The van der Waals surface area contributed by atoms with Gasteiger partial charge in [-0.3, -0.25) is 10.1 Å². The molecule has 0 spiro atoms. The van der Waals surface area contributed by atoms with Crippen LogP contribution in [0.4, 0.5) is 0 Å². The van der Waals surface area contributed by atoms with Crippen LogP contribution in [0.5, 0.6) is 11.5 Å². The van der Waals surface area contributed by atoms with Crippen molar-refractivity contribution >= 4 is 0 Å². The summed E-state index contributed by atoms with van der Waals surface area (Å²) in [4.78, 5) is 9.83. The fourth-order valence-corrected chi connectivity index (χ4v) is 3.23. The number of nitrogens with zero attached hydrogens (tertiary/aromatic N) is 1. The molecule has 126 valence electrons. The molecule has 1 aliphatic rings. The summed E-state index contributed by atoms with van der Waals surface area (Å²) in [6.45, 7) is 7.94. The average molecular weight is 319 g/mol. The number of phenolic OH excluding ortho intramolecular Hbond substituents is 1. The van der Waals surface area contributed by atoms with E-state index in [2.05, 4.69) is 6.92 Å². The molecule has 1 unspecified atom stereocenters. The van der Waals surface area contributed by atoms with Gasteiger partial charge in [0, 0.05) is 5.56 Å². The minimum atomic E-state index is -0.434. The van der Waals surface area contributed by atoms with Gasteiger partial charge in [0.25, 0.3) is 0 Å². The minimum Gasteiger partial charge on any atom is -0.507 e. The molecular formula is C18H25NO4. The van der Waals surface area contributed by atoms with Crippen LogP contribution in [0.2, 0.25) is 0 Å². The van der Waals surface area contributed by atoms with Gasteiger partial charge in [-0.2, -0.15) is 0 Å². The molecule has 0 amide bonds. The Kier molecular flexibility index (Phi) is 4.97. The number of fused-ring (bicyclic) bond motifs is 1. The molecule has 23 heavy (non-hydrogen) atoms. The van der Waals surface area contributed by atoms with Crippen LogP contribution in [-0.2, 0) is 6.42 Å². The van der Waals surface area contributed by atoms with Crippen molar-refractivity contribution < 1.29 is 14.8 Å². The van der Waals surface area contributed by atoms with Gasteiger partial charge in [0.15, 0.2) is 0 Å². The zero-order chi connectivity index (χ0) is 17.2. The van der Waals surface area contributed by atoms with E-state index < -0.39 is 4.92 Å². The van der Waals surface area contributed by atoms with Gasteiger partial charge in [-0.05, 0) is 82.6 Å². The summed E-state index contributed by atoms with van der Waals surface area (Å²) in [5.41, 5.74) is 3.65. The molecular weight excluding hydrogens is 294 g/mol. The average Bonchev–Trinajstić information content (AvgIpc) is 2.50. The summed E-state index contributed by atoms with van der Waals surface area (Å²) in [6.07, 6.45) is 6.76. The maximum atomic E-state index is 10.3. The highest BCUT2D eigenvalue weighted by Gasteiger charge is 2.33. The van der Waals surface area contributed by atoms with Crippen LogP contribution in [0, 0.1) is 30.9 Å². The first-order chi connectivity index (χ1) is 10.7. The molecule has 1 aromatic rings.